The second-order valence-corrected chi connectivity index (χ2v) is 5.78. The zero-order valence-corrected chi connectivity index (χ0v) is 9.65. The molecule has 0 saturated carbocycles. The fourth-order valence-electron chi connectivity index (χ4n) is 2.16. The van der Waals surface area contributed by atoms with E-state index in [4.69, 9.17) is 4.74 Å². The number of hydrogen-bond donors (Lipinski definition) is 1. The molecule has 14 heavy (non-hydrogen) atoms. The molecule has 2 aliphatic rings. The van der Waals surface area contributed by atoms with Gasteiger partial charge in [0.05, 0.1) is 6.61 Å². The van der Waals surface area contributed by atoms with Crippen LogP contribution in [0.3, 0.4) is 0 Å². The van der Waals surface area contributed by atoms with Gasteiger partial charge < -0.3 is 10.1 Å². The maximum atomic E-state index is 5.35. The van der Waals surface area contributed by atoms with Gasteiger partial charge >= 0.3 is 0 Å². The van der Waals surface area contributed by atoms with Gasteiger partial charge in [0.1, 0.15) is 0 Å². The minimum atomic E-state index is 0.781. The van der Waals surface area contributed by atoms with E-state index in [1.54, 1.807) is 0 Å². The fraction of sp³-hybridized carbons (Fsp3) is 1.00. The monoisotopic (exact) mass is 215 g/mol. The fourth-order valence-corrected chi connectivity index (χ4v) is 3.43. The molecule has 0 bridgehead atoms. The maximum absolute atomic E-state index is 5.35. The van der Waals surface area contributed by atoms with Crippen LogP contribution in [0.5, 0.6) is 0 Å². The smallest absolute Gasteiger partial charge is 0.0507 e. The number of ether oxygens (including phenoxy) is 1. The average Bonchev–Trinajstić information content (AvgIpc) is 2.72. The summed E-state index contributed by atoms with van der Waals surface area (Å²) in [6, 6.07) is 0. The standard InChI is InChI=1S/C11H21NOS/c1-2-6-14-11(3-1)8-12-7-10-4-5-13-9-10/h10-12H,1-9H2. The average molecular weight is 215 g/mol. The van der Waals surface area contributed by atoms with E-state index in [0.717, 1.165) is 30.9 Å². The van der Waals surface area contributed by atoms with Crippen LogP contribution in [0.2, 0.25) is 0 Å². The van der Waals surface area contributed by atoms with Crippen molar-refractivity contribution < 1.29 is 4.74 Å². The molecule has 0 aliphatic carbocycles. The Bertz CT molecular complexity index is 153. The van der Waals surface area contributed by atoms with Gasteiger partial charge in [-0.3, -0.25) is 0 Å². The van der Waals surface area contributed by atoms with E-state index in [9.17, 15) is 0 Å². The summed E-state index contributed by atoms with van der Waals surface area (Å²) >= 11 is 2.15. The first-order valence-electron chi connectivity index (χ1n) is 5.85. The highest BCUT2D eigenvalue weighted by atomic mass is 32.2. The lowest BCUT2D eigenvalue weighted by molar-refractivity contribution is 0.185. The zero-order valence-electron chi connectivity index (χ0n) is 8.84. The molecule has 3 heteroatoms. The topological polar surface area (TPSA) is 21.3 Å². The third-order valence-corrected chi connectivity index (χ3v) is 4.50. The van der Waals surface area contributed by atoms with Crippen LogP contribution in [-0.2, 0) is 4.74 Å². The van der Waals surface area contributed by atoms with Crippen molar-refractivity contribution in [3.63, 3.8) is 0 Å². The Balaban J connectivity index is 1.52. The number of rotatable bonds is 4. The Hall–Kier alpha value is 0.270. The van der Waals surface area contributed by atoms with E-state index >= 15 is 0 Å². The molecule has 2 aliphatic heterocycles. The van der Waals surface area contributed by atoms with Gasteiger partial charge in [-0.15, -0.1) is 0 Å². The molecule has 0 aromatic heterocycles. The van der Waals surface area contributed by atoms with Gasteiger partial charge in [-0.2, -0.15) is 11.8 Å². The van der Waals surface area contributed by atoms with Gasteiger partial charge in [-0.25, -0.2) is 0 Å². The van der Waals surface area contributed by atoms with Crippen LogP contribution in [0.4, 0.5) is 0 Å². The van der Waals surface area contributed by atoms with Crippen LogP contribution in [0, 0.1) is 5.92 Å². The van der Waals surface area contributed by atoms with Gasteiger partial charge in [-0.1, -0.05) is 6.42 Å². The van der Waals surface area contributed by atoms with E-state index in [2.05, 4.69) is 17.1 Å². The predicted molar refractivity (Wildman–Crippen MR) is 61.9 cm³/mol. The van der Waals surface area contributed by atoms with Crippen LogP contribution < -0.4 is 5.32 Å². The summed E-state index contributed by atoms with van der Waals surface area (Å²) in [6.07, 6.45) is 5.53. The molecule has 0 aromatic carbocycles. The predicted octanol–water partition coefficient (Wildman–Crippen LogP) is 1.90. The highest BCUT2D eigenvalue weighted by molar-refractivity contribution is 7.99. The summed E-state index contributed by atoms with van der Waals surface area (Å²) in [5.41, 5.74) is 0. The van der Waals surface area contributed by atoms with Crippen LogP contribution >= 0.6 is 11.8 Å². The molecule has 2 nitrogen and oxygen atoms in total. The van der Waals surface area contributed by atoms with Gasteiger partial charge in [0.15, 0.2) is 0 Å². The van der Waals surface area contributed by atoms with Crippen molar-refractivity contribution in [1.82, 2.24) is 5.32 Å². The molecule has 0 amide bonds. The first kappa shape index (κ1) is 10.8. The Morgan fingerprint density at radius 1 is 1.21 bits per heavy atom. The second kappa shape index (κ2) is 5.99. The van der Waals surface area contributed by atoms with Gasteiger partial charge in [0.2, 0.25) is 0 Å². The molecule has 2 fully saturated rings. The lowest BCUT2D eigenvalue weighted by Crippen LogP contribution is -2.31. The molecule has 0 aromatic rings. The van der Waals surface area contributed by atoms with Crippen molar-refractivity contribution in [3.05, 3.63) is 0 Å². The van der Waals surface area contributed by atoms with Crippen LogP contribution in [0.15, 0.2) is 0 Å². The number of nitrogens with one attached hydrogen (secondary N) is 1. The molecule has 2 rings (SSSR count). The van der Waals surface area contributed by atoms with E-state index in [1.807, 2.05) is 0 Å². The van der Waals surface area contributed by atoms with Crippen molar-refractivity contribution in [2.24, 2.45) is 5.92 Å². The molecule has 0 spiro atoms. The summed E-state index contributed by atoms with van der Waals surface area (Å²) in [4.78, 5) is 0. The molecule has 2 saturated heterocycles. The van der Waals surface area contributed by atoms with Crippen molar-refractivity contribution in [3.8, 4) is 0 Å². The Kier molecular flexibility index (Phi) is 4.61. The normalized spacial score (nSPS) is 33.4. The van der Waals surface area contributed by atoms with Crippen LogP contribution in [0.25, 0.3) is 0 Å². The molecule has 82 valence electrons. The van der Waals surface area contributed by atoms with E-state index < -0.39 is 0 Å². The Morgan fingerprint density at radius 2 is 2.21 bits per heavy atom. The molecule has 2 heterocycles. The SMILES string of the molecule is C1CCC(CNCC2CCOC2)SC1. The summed E-state index contributed by atoms with van der Waals surface area (Å²) in [5.74, 6) is 2.15. The van der Waals surface area contributed by atoms with E-state index in [-0.39, 0.29) is 0 Å². The number of hydrogen-bond acceptors (Lipinski definition) is 3. The number of thioether (sulfide) groups is 1. The van der Waals surface area contributed by atoms with Gasteiger partial charge in [-0.05, 0) is 30.9 Å². The summed E-state index contributed by atoms with van der Waals surface area (Å²) in [6.45, 7) is 4.33. The van der Waals surface area contributed by atoms with Crippen molar-refractivity contribution in [2.45, 2.75) is 30.9 Å². The molecule has 2 atom stereocenters. The zero-order chi connectivity index (χ0) is 9.64. The third-order valence-electron chi connectivity index (χ3n) is 3.10. The minimum absolute atomic E-state index is 0.781. The lowest BCUT2D eigenvalue weighted by atomic mass is 10.1. The third kappa shape index (κ3) is 3.44. The van der Waals surface area contributed by atoms with E-state index in [1.165, 1.54) is 38.0 Å². The molecule has 2 unspecified atom stereocenters. The second-order valence-electron chi connectivity index (χ2n) is 4.38. The lowest BCUT2D eigenvalue weighted by Gasteiger charge is -2.22. The Morgan fingerprint density at radius 3 is 2.93 bits per heavy atom. The quantitative estimate of drug-likeness (QED) is 0.774. The largest absolute Gasteiger partial charge is 0.381 e. The highest BCUT2D eigenvalue weighted by Crippen LogP contribution is 2.24. The van der Waals surface area contributed by atoms with Crippen LogP contribution in [-0.4, -0.2) is 37.3 Å². The molecule has 0 radical (unpaired) electrons. The first-order chi connectivity index (χ1) is 6.95. The van der Waals surface area contributed by atoms with Crippen LogP contribution in [0.1, 0.15) is 25.7 Å². The molecular formula is C11H21NOS. The summed E-state index contributed by atoms with van der Waals surface area (Å²) < 4.78 is 5.35. The summed E-state index contributed by atoms with van der Waals surface area (Å²) in [7, 11) is 0. The Labute approximate surface area is 91.2 Å². The van der Waals surface area contributed by atoms with Crippen molar-refractivity contribution in [1.29, 1.82) is 0 Å². The maximum Gasteiger partial charge on any atom is 0.0507 e. The highest BCUT2D eigenvalue weighted by Gasteiger charge is 2.17. The van der Waals surface area contributed by atoms with Crippen molar-refractivity contribution >= 4 is 11.8 Å². The summed E-state index contributed by atoms with van der Waals surface area (Å²) in [5, 5.41) is 4.48. The van der Waals surface area contributed by atoms with E-state index in [0.29, 0.717) is 0 Å². The molecular weight excluding hydrogens is 194 g/mol. The minimum Gasteiger partial charge on any atom is -0.381 e. The van der Waals surface area contributed by atoms with Gasteiger partial charge in [0, 0.05) is 24.9 Å². The molecule has 1 N–H and O–H groups in total. The van der Waals surface area contributed by atoms with Crippen molar-refractivity contribution in [2.75, 3.05) is 32.1 Å². The van der Waals surface area contributed by atoms with Gasteiger partial charge in [0.25, 0.3) is 0 Å². The first-order valence-corrected chi connectivity index (χ1v) is 6.90.